The van der Waals surface area contributed by atoms with E-state index < -0.39 is 0 Å². The lowest BCUT2D eigenvalue weighted by atomic mass is 10.1. The van der Waals surface area contributed by atoms with Crippen molar-refractivity contribution in [2.24, 2.45) is 4.99 Å². The van der Waals surface area contributed by atoms with E-state index in [1.807, 2.05) is 37.4 Å². The molecule has 0 unspecified atom stereocenters. The zero-order valence-electron chi connectivity index (χ0n) is 14.8. The fourth-order valence-electron chi connectivity index (χ4n) is 2.09. The van der Waals surface area contributed by atoms with Crippen LogP contribution >= 0.6 is 35.3 Å². The molecule has 0 spiro atoms. The Bertz CT molecular complexity index is 675. The maximum absolute atomic E-state index is 13.6. The third-order valence-corrected chi connectivity index (χ3v) is 4.37. The molecule has 0 bridgehead atoms. The number of aliphatic imine (C=N–C) groups is 1. The van der Waals surface area contributed by atoms with Gasteiger partial charge in [0.05, 0.1) is 12.2 Å². The first-order chi connectivity index (χ1) is 11.6. The lowest BCUT2D eigenvalue weighted by Crippen LogP contribution is -2.38. The van der Waals surface area contributed by atoms with Crippen molar-refractivity contribution < 1.29 is 4.39 Å². The van der Waals surface area contributed by atoms with E-state index in [-0.39, 0.29) is 29.8 Å². The Labute approximate surface area is 169 Å². The van der Waals surface area contributed by atoms with Gasteiger partial charge in [-0.15, -0.1) is 35.3 Å². The Balaban J connectivity index is 0.00000312. The molecule has 2 aromatic rings. The topological polar surface area (TPSA) is 52.6 Å². The van der Waals surface area contributed by atoms with E-state index in [4.69, 9.17) is 0 Å². The Morgan fingerprint density at radius 3 is 2.68 bits per heavy atom. The molecule has 2 rings (SSSR count). The van der Waals surface area contributed by atoms with Crippen molar-refractivity contribution >= 4 is 46.4 Å². The molecule has 25 heavy (non-hydrogen) atoms. The standard InChI is InChI=1S/C17H24FN5S.HI/c1-4-19-16(20-10-9-13-7-5-6-8-15(13)18)21-11-14-12-24-17(22-14)23(2)3;/h5-8,12H,4,9-11H2,1-3H3,(H2,19,20,21);1H. The molecular formula is C17H25FIN5S. The second kappa shape index (κ2) is 11.2. The number of thiazole rings is 1. The van der Waals surface area contributed by atoms with E-state index in [2.05, 4.69) is 20.6 Å². The van der Waals surface area contributed by atoms with Crippen LogP contribution in [0, 0.1) is 5.82 Å². The smallest absolute Gasteiger partial charge is 0.191 e. The van der Waals surface area contributed by atoms with E-state index in [9.17, 15) is 4.39 Å². The van der Waals surface area contributed by atoms with Gasteiger partial charge in [0, 0.05) is 32.6 Å². The molecule has 1 aromatic heterocycles. The first-order valence-electron chi connectivity index (χ1n) is 7.97. The third-order valence-electron chi connectivity index (χ3n) is 3.31. The van der Waals surface area contributed by atoms with E-state index >= 15 is 0 Å². The van der Waals surface area contributed by atoms with Crippen LogP contribution in [0.4, 0.5) is 9.52 Å². The highest BCUT2D eigenvalue weighted by atomic mass is 127. The summed E-state index contributed by atoms with van der Waals surface area (Å²) in [5.41, 5.74) is 1.64. The molecular weight excluding hydrogens is 452 g/mol. The van der Waals surface area contributed by atoms with Gasteiger partial charge in [-0.25, -0.2) is 14.4 Å². The molecule has 2 N–H and O–H groups in total. The second-order valence-corrected chi connectivity index (χ2v) is 6.32. The maximum Gasteiger partial charge on any atom is 0.191 e. The predicted octanol–water partition coefficient (Wildman–Crippen LogP) is 3.26. The van der Waals surface area contributed by atoms with E-state index in [0.29, 0.717) is 31.0 Å². The maximum atomic E-state index is 13.6. The summed E-state index contributed by atoms with van der Waals surface area (Å²) < 4.78 is 13.6. The zero-order valence-corrected chi connectivity index (χ0v) is 17.9. The molecule has 0 amide bonds. The van der Waals surface area contributed by atoms with Crippen LogP contribution in [0.1, 0.15) is 18.2 Å². The van der Waals surface area contributed by atoms with Gasteiger partial charge in [-0.2, -0.15) is 0 Å². The van der Waals surface area contributed by atoms with Gasteiger partial charge in [0.25, 0.3) is 0 Å². The van der Waals surface area contributed by atoms with Gasteiger partial charge in [-0.05, 0) is 25.0 Å². The number of hydrogen-bond donors (Lipinski definition) is 2. The quantitative estimate of drug-likeness (QED) is 0.365. The summed E-state index contributed by atoms with van der Waals surface area (Å²) in [6, 6.07) is 6.84. The van der Waals surface area contributed by atoms with Gasteiger partial charge in [-0.3, -0.25) is 0 Å². The van der Waals surface area contributed by atoms with Gasteiger partial charge in [0.15, 0.2) is 11.1 Å². The van der Waals surface area contributed by atoms with Crippen LogP contribution in [0.3, 0.4) is 0 Å². The molecule has 0 saturated heterocycles. The van der Waals surface area contributed by atoms with Gasteiger partial charge in [0.2, 0.25) is 0 Å². The number of hydrogen-bond acceptors (Lipinski definition) is 4. The fraction of sp³-hybridized carbons (Fsp3) is 0.412. The molecule has 0 radical (unpaired) electrons. The van der Waals surface area contributed by atoms with Gasteiger partial charge < -0.3 is 15.5 Å². The summed E-state index contributed by atoms with van der Waals surface area (Å²) in [7, 11) is 3.94. The monoisotopic (exact) mass is 477 g/mol. The molecule has 0 atom stereocenters. The van der Waals surface area contributed by atoms with Crippen molar-refractivity contribution in [2.75, 3.05) is 32.1 Å². The molecule has 1 heterocycles. The van der Waals surface area contributed by atoms with E-state index in [0.717, 1.165) is 17.4 Å². The van der Waals surface area contributed by atoms with Gasteiger partial charge >= 0.3 is 0 Å². The van der Waals surface area contributed by atoms with E-state index in [1.165, 1.54) is 6.07 Å². The zero-order chi connectivity index (χ0) is 17.4. The Hall–Kier alpha value is -1.42. The highest BCUT2D eigenvalue weighted by Gasteiger charge is 2.05. The molecule has 138 valence electrons. The van der Waals surface area contributed by atoms with Crippen molar-refractivity contribution in [3.05, 3.63) is 46.7 Å². The number of halogens is 2. The summed E-state index contributed by atoms with van der Waals surface area (Å²) >= 11 is 1.60. The highest BCUT2D eigenvalue weighted by Crippen LogP contribution is 2.18. The van der Waals surface area contributed by atoms with Crippen molar-refractivity contribution in [2.45, 2.75) is 19.9 Å². The number of guanidine groups is 1. The van der Waals surface area contributed by atoms with Crippen molar-refractivity contribution in [3.63, 3.8) is 0 Å². The summed E-state index contributed by atoms with van der Waals surface area (Å²) in [4.78, 5) is 11.0. The van der Waals surface area contributed by atoms with Crippen LogP contribution in [0.25, 0.3) is 0 Å². The van der Waals surface area contributed by atoms with E-state index in [1.54, 1.807) is 23.5 Å². The molecule has 1 aromatic carbocycles. The summed E-state index contributed by atoms with van der Waals surface area (Å²) in [6.45, 7) is 3.92. The van der Waals surface area contributed by atoms with Crippen molar-refractivity contribution in [3.8, 4) is 0 Å². The molecule has 0 aliphatic carbocycles. The average Bonchev–Trinajstić information content (AvgIpc) is 3.03. The lowest BCUT2D eigenvalue weighted by Gasteiger charge is -2.11. The first-order valence-corrected chi connectivity index (χ1v) is 8.85. The lowest BCUT2D eigenvalue weighted by molar-refractivity contribution is 0.606. The molecule has 0 aliphatic rings. The molecule has 8 heteroatoms. The highest BCUT2D eigenvalue weighted by molar-refractivity contribution is 14.0. The number of aromatic nitrogens is 1. The van der Waals surface area contributed by atoms with Crippen LogP contribution < -0.4 is 15.5 Å². The molecule has 0 aliphatic heterocycles. The van der Waals surface area contributed by atoms with Crippen molar-refractivity contribution in [1.82, 2.24) is 15.6 Å². The van der Waals surface area contributed by atoms with Crippen molar-refractivity contribution in [1.29, 1.82) is 0 Å². The largest absolute Gasteiger partial charge is 0.357 e. The fourth-order valence-corrected chi connectivity index (χ4v) is 2.84. The van der Waals surface area contributed by atoms with Gasteiger partial charge in [0.1, 0.15) is 5.82 Å². The summed E-state index contributed by atoms with van der Waals surface area (Å²) in [5, 5.41) is 9.41. The van der Waals surface area contributed by atoms with Crippen LogP contribution in [0.15, 0.2) is 34.6 Å². The number of rotatable bonds is 7. The average molecular weight is 477 g/mol. The Morgan fingerprint density at radius 1 is 1.28 bits per heavy atom. The minimum Gasteiger partial charge on any atom is -0.357 e. The van der Waals surface area contributed by atoms with Crippen LogP contribution in [-0.4, -0.2) is 38.1 Å². The third kappa shape index (κ3) is 7.15. The van der Waals surface area contributed by atoms with Gasteiger partial charge in [-0.1, -0.05) is 18.2 Å². The Morgan fingerprint density at radius 2 is 2.04 bits per heavy atom. The summed E-state index contributed by atoms with van der Waals surface area (Å²) in [6.07, 6.45) is 0.610. The number of anilines is 1. The Kier molecular flexibility index (Phi) is 9.73. The number of nitrogens with one attached hydrogen (secondary N) is 2. The molecule has 0 fully saturated rings. The molecule has 0 saturated carbocycles. The summed E-state index contributed by atoms with van der Waals surface area (Å²) in [5.74, 6) is 0.549. The first kappa shape index (κ1) is 21.6. The second-order valence-electron chi connectivity index (χ2n) is 5.48. The van der Waals surface area contributed by atoms with Crippen LogP contribution in [0.5, 0.6) is 0 Å². The van der Waals surface area contributed by atoms with Crippen LogP contribution in [-0.2, 0) is 13.0 Å². The normalized spacial score (nSPS) is 11.0. The van der Waals surface area contributed by atoms with Crippen LogP contribution in [0.2, 0.25) is 0 Å². The SMILES string of the molecule is CCNC(=NCc1csc(N(C)C)n1)NCCc1ccccc1F.I. The number of benzene rings is 1. The molecule has 5 nitrogen and oxygen atoms in total. The predicted molar refractivity (Wildman–Crippen MR) is 115 cm³/mol. The minimum atomic E-state index is -0.167. The number of nitrogens with zero attached hydrogens (tertiary/aromatic N) is 3. The minimum absolute atomic E-state index is 0.